The number of alkyl halides is 1. The van der Waals surface area contributed by atoms with E-state index >= 15 is 0 Å². The molecule has 0 spiro atoms. The number of amides is 1. The van der Waals surface area contributed by atoms with Crippen LogP contribution in [0, 0.1) is 12.3 Å². The van der Waals surface area contributed by atoms with Crippen molar-refractivity contribution in [2.24, 2.45) is 5.41 Å². The first-order valence-electron chi connectivity index (χ1n) is 6.42. The highest BCUT2D eigenvalue weighted by Crippen LogP contribution is 2.24. The summed E-state index contributed by atoms with van der Waals surface area (Å²) in [6.07, 6.45) is 0.698. The summed E-state index contributed by atoms with van der Waals surface area (Å²) in [5, 5.41) is 12.7. The van der Waals surface area contributed by atoms with Gasteiger partial charge in [-0.3, -0.25) is 4.79 Å². The fourth-order valence-electron chi connectivity index (χ4n) is 1.90. The largest absolute Gasteiger partial charge is 0.507 e. The molecule has 0 aromatic heterocycles. The third-order valence-electron chi connectivity index (χ3n) is 3.15. The lowest BCUT2D eigenvalue weighted by Gasteiger charge is -2.31. The first kappa shape index (κ1) is 15.8. The highest BCUT2D eigenvalue weighted by Gasteiger charge is 2.26. The molecule has 3 nitrogen and oxygen atoms in total. The second-order valence-electron chi connectivity index (χ2n) is 5.89. The molecule has 1 amide bonds. The van der Waals surface area contributed by atoms with Gasteiger partial charge in [-0.1, -0.05) is 32.4 Å². The monoisotopic (exact) mass is 283 g/mol. The SMILES string of the molecule is Cc1ccc(O)c(C(=O)NC(CCCl)C(C)(C)C)c1. The zero-order valence-corrected chi connectivity index (χ0v) is 12.7. The number of benzene rings is 1. The minimum absolute atomic E-state index is 0.00151. The predicted octanol–water partition coefficient (Wildman–Crippen LogP) is 3.47. The van der Waals surface area contributed by atoms with Gasteiger partial charge < -0.3 is 10.4 Å². The molecule has 0 saturated carbocycles. The molecule has 0 fully saturated rings. The zero-order chi connectivity index (χ0) is 14.6. The number of nitrogens with one attached hydrogen (secondary N) is 1. The quantitative estimate of drug-likeness (QED) is 0.831. The van der Waals surface area contributed by atoms with Gasteiger partial charge in [0.1, 0.15) is 5.75 Å². The Labute approximate surface area is 120 Å². The van der Waals surface area contributed by atoms with E-state index in [1.807, 2.05) is 6.92 Å². The molecule has 106 valence electrons. The van der Waals surface area contributed by atoms with E-state index in [1.54, 1.807) is 12.1 Å². The van der Waals surface area contributed by atoms with Crippen molar-refractivity contribution in [2.45, 2.75) is 40.2 Å². The van der Waals surface area contributed by atoms with Gasteiger partial charge in [0, 0.05) is 11.9 Å². The Kier molecular flexibility index (Phi) is 5.24. The highest BCUT2D eigenvalue weighted by atomic mass is 35.5. The van der Waals surface area contributed by atoms with Gasteiger partial charge in [-0.05, 0) is 30.9 Å². The van der Waals surface area contributed by atoms with E-state index in [2.05, 4.69) is 26.1 Å². The molecule has 1 aromatic carbocycles. The second-order valence-corrected chi connectivity index (χ2v) is 6.27. The number of hydrogen-bond acceptors (Lipinski definition) is 2. The molecule has 0 heterocycles. The molecule has 0 saturated heterocycles. The number of phenols is 1. The summed E-state index contributed by atoms with van der Waals surface area (Å²) >= 11 is 5.79. The molecule has 1 unspecified atom stereocenters. The van der Waals surface area contributed by atoms with Crippen molar-refractivity contribution in [1.82, 2.24) is 5.32 Å². The van der Waals surface area contributed by atoms with Gasteiger partial charge in [-0.25, -0.2) is 0 Å². The van der Waals surface area contributed by atoms with E-state index in [4.69, 9.17) is 11.6 Å². The van der Waals surface area contributed by atoms with Crippen LogP contribution in [-0.2, 0) is 0 Å². The Morgan fingerprint density at radius 2 is 2.05 bits per heavy atom. The van der Waals surface area contributed by atoms with Gasteiger partial charge in [-0.2, -0.15) is 0 Å². The Balaban J connectivity index is 2.91. The van der Waals surface area contributed by atoms with Crippen LogP contribution in [0.25, 0.3) is 0 Å². The average Bonchev–Trinajstić information content (AvgIpc) is 2.30. The Bertz CT molecular complexity index is 452. The third-order valence-corrected chi connectivity index (χ3v) is 3.36. The minimum Gasteiger partial charge on any atom is -0.507 e. The van der Waals surface area contributed by atoms with Crippen LogP contribution in [0.1, 0.15) is 43.1 Å². The van der Waals surface area contributed by atoms with Gasteiger partial charge in [0.15, 0.2) is 0 Å². The predicted molar refractivity (Wildman–Crippen MR) is 78.9 cm³/mol. The maximum atomic E-state index is 12.2. The van der Waals surface area contributed by atoms with Crippen molar-refractivity contribution < 1.29 is 9.90 Å². The average molecular weight is 284 g/mol. The molecule has 0 aliphatic heterocycles. The molecule has 2 N–H and O–H groups in total. The molecule has 1 atom stereocenters. The number of phenolic OH excluding ortho intramolecular Hbond substituents is 1. The fourth-order valence-corrected chi connectivity index (χ4v) is 2.12. The summed E-state index contributed by atoms with van der Waals surface area (Å²) in [6, 6.07) is 4.96. The summed E-state index contributed by atoms with van der Waals surface area (Å²) in [6.45, 7) is 8.05. The minimum atomic E-state index is -0.258. The van der Waals surface area contributed by atoms with Crippen molar-refractivity contribution >= 4 is 17.5 Å². The van der Waals surface area contributed by atoms with Gasteiger partial charge in [0.05, 0.1) is 5.56 Å². The fraction of sp³-hybridized carbons (Fsp3) is 0.533. The summed E-state index contributed by atoms with van der Waals surface area (Å²) in [5.41, 5.74) is 1.17. The topological polar surface area (TPSA) is 49.3 Å². The number of aromatic hydroxyl groups is 1. The molecule has 1 aromatic rings. The smallest absolute Gasteiger partial charge is 0.255 e. The number of carbonyl (C=O) groups is 1. The summed E-state index contributed by atoms with van der Waals surface area (Å²) < 4.78 is 0. The van der Waals surface area contributed by atoms with Gasteiger partial charge in [0.2, 0.25) is 0 Å². The molecule has 1 rings (SSSR count). The number of rotatable bonds is 4. The van der Waals surface area contributed by atoms with Crippen molar-refractivity contribution in [2.75, 3.05) is 5.88 Å². The Morgan fingerprint density at radius 1 is 1.42 bits per heavy atom. The second kappa shape index (κ2) is 6.29. The van der Waals surface area contributed by atoms with Gasteiger partial charge in [0.25, 0.3) is 5.91 Å². The van der Waals surface area contributed by atoms with Crippen molar-refractivity contribution in [3.8, 4) is 5.75 Å². The van der Waals surface area contributed by atoms with Crippen LogP contribution in [0.5, 0.6) is 5.75 Å². The van der Waals surface area contributed by atoms with Crippen LogP contribution in [0.4, 0.5) is 0 Å². The summed E-state index contributed by atoms with van der Waals surface area (Å²) in [5.74, 6) is 0.232. The summed E-state index contributed by atoms with van der Waals surface area (Å²) in [4.78, 5) is 12.2. The standard InChI is InChI=1S/C15H22ClNO2/c1-10-5-6-12(18)11(9-10)14(19)17-13(7-8-16)15(2,3)4/h5-6,9,13,18H,7-8H2,1-4H3,(H,17,19). The van der Waals surface area contributed by atoms with Crippen LogP contribution in [-0.4, -0.2) is 22.9 Å². The molecule has 0 radical (unpaired) electrons. The molecular formula is C15H22ClNO2. The van der Waals surface area contributed by atoms with Crippen LogP contribution in [0.2, 0.25) is 0 Å². The molecule has 4 heteroatoms. The zero-order valence-electron chi connectivity index (χ0n) is 12.0. The lowest BCUT2D eigenvalue weighted by Crippen LogP contribution is -2.44. The maximum Gasteiger partial charge on any atom is 0.255 e. The van der Waals surface area contributed by atoms with E-state index in [9.17, 15) is 9.90 Å². The number of carbonyl (C=O) groups excluding carboxylic acids is 1. The maximum absolute atomic E-state index is 12.2. The number of aryl methyl sites for hydroxylation is 1. The van der Waals surface area contributed by atoms with Crippen molar-refractivity contribution in [3.63, 3.8) is 0 Å². The highest BCUT2D eigenvalue weighted by molar-refractivity contribution is 6.17. The van der Waals surface area contributed by atoms with Crippen molar-refractivity contribution in [3.05, 3.63) is 29.3 Å². The van der Waals surface area contributed by atoms with E-state index < -0.39 is 0 Å². The van der Waals surface area contributed by atoms with Gasteiger partial charge in [-0.15, -0.1) is 11.6 Å². The summed E-state index contributed by atoms with van der Waals surface area (Å²) in [7, 11) is 0. The van der Waals surface area contributed by atoms with E-state index in [0.29, 0.717) is 17.9 Å². The van der Waals surface area contributed by atoms with Crippen molar-refractivity contribution in [1.29, 1.82) is 0 Å². The van der Waals surface area contributed by atoms with E-state index in [-0.39, 0.29) is 23.1 Å². The van der Waals surface area contributed by atoms with Crippen LogP contribution >= 0.6 is 11.6 Å². The van der Waals surface area contributed by atoms with E-state index in [1.165, 1.54) is 6.07 Å². The number of halogens is 1. The molecule has 0 bridgehead atoms. The van der Waals surface area contributed by atoms with Gasteiger partial charge >= 0.3 is 0 Å². The molecule has 19 heavy (non-hydrogen) atoms. The molecular weight excluding hydrogens is 262 g/mol. The number of hydrogen-bond donors (Lipinski definition) is 2. The van der Waals surface area contributed by atoms with E-state index in [0.717, 1.165) is 5.56 Å². The molecule has 0 aliphatic carbocycles. The van der Waals surface area contributed by atoms with Crippen LogP contribution in [0.15, 0.2) is 18.2 Å². The van der Waals surface area contributed by atoms with Crippen LogP contribution < -0.4 is 5.32 Å². The first-order valence-corrected chi connectivity index (χ1v) is 6.95. The lowest BCUT2D eigenvalue weighted by atomic mass is 9.85. The Morgan fingerprint density at radius 3 is 2.58 bits per heavy atom. The third kappa shape index (κ3) is 4.43. The van der Waals surface area contributed by atoms with Crippen LogP contribution in [0.3, 0.4) is 0 Å². The Hall–Kier alpha value is -1.22. The first-order chi connectivity index (χ1) is 8.75. The normalized spacial score (nSPS) is 13.1. The lowest BCUT2D eigenvalue weighted by molar-refractivity contribution is 0.0897. The molecule has 0 aliphatic rings.